The van der Waals surface area contributed by atoms with Crippen LogP contribution in [0.15, 0.2) is 180 Å². The van der Waals surface area contributed by atoms with E-state index in [0.29, 0.717) is 33.8 Å². The molecule has 63 heavy (non-hydrogen) atoms. The summed E-state index contributed by atoms with van der Waals surface area (Å²) in [6.07, 6.45) is 2.02. The number of pyridine rings is 2. The smallest absolute Gasteiger partial charge is 0.216 e. The third-order valence-electron chi connectivity index (χ3n) is 11.2. The fraction of sp³-hybridized carbons (Fsp3) is 0.0727. The Morgan fingerprint density at radius 1 is 0.651 bits per heavy atom. The molecular formula is C55H41FIrN4OSi-2. The summed E-state index contributed by atoms with van der Waals surface area (Å²) >= 11 is 0. The molecule has 5 nitrogen and oxygen atoms in total. The molecule has 0 aliphatic carbocycles. The Hall–Kier alpha value is -6.83. The van der Waals surface area contributed by atoms with E-state index in [4.69, 9.17) is 18.5 Å². The molecule has 0 aliphatic heterocycles. The van der Waals surface area contributed by atoms with Gasteiger partial charge < -0.3 is 14.0 Å². The van der Waals surface area contributed by atoms with E-state index in [9.17, 15) is 0 Å². The molecule has 0 amide bonds. The van der Waals surface area contributed by atoms with Crippen LogP contribution in [0.25, 0.3) is 94.6 Å². The van der Waals surface area contributed by atoms with Gasteiger partial charge in [0.1, 0.15) is 5.82 Å². The van der Waals surface area contributed by atoms with E-state index < -0.39 is 14.9 Å². The number of rotatable bonds is 6. The van der Waals surface area contributed by atoms with Gasteiger partial charge in [-0.15, -0.1) is 54.1 Å². The maximum Gasteiger partial charge on any atom is 0.216 e. The van der Waals surface area contributed by atoms with Crippen molar-refractivity contribution >= 4 is 57.1 Å². The molecule has 0 fully saturated rings. The molecule has 0 unspecified atom stereocenters. The van der Waals surface area contributed by atoms with Gasteiger partial charge in [-0.3, -0.25) is 4.98 Å². The normalized spacial score (nSPS) is 12.3. The van der Waals surface area contributed by atoms with E-state index in [-0.39, 0.29) is 31.5 Å². The minimum Gasteiger partial charge on any atom is -0.486 e. The van der Waals surface area contributed by atoms with Crippen LogP contribution in [0.5, 0.6) is 0 Å². The number of nitrogens with zero attached hydrogens (tertiary/aromatic N) is 4. The molecule has 8 heteroatoms. The van der Waals surface area contributed by atoms with Crippen molar-refractivity contribution in [2.75, 3.05) is 0 Å². The largest absolute Gasteiger partial charge is 0.486 e. The summed E-state index contributed by atoms with van der Waals surface area (Å²) in [5.74, 6) is 0.297. The Bertz CT molecular complexity index is 3520. The minimum atomic E-state index is -2.18. The molecule has 0 bridgehead atoms. The van der Waals surface area contributed by atoms with Crippen LogP contribution in [0.2, 0.25) is 19.6 Å². The number of furan rings is 1. The molecule has 0 atom stereocenters. The number of fused-ring (bicyclic) bond motifs is 5. The van der Waals surface area contributed by atoms with Gasteiger partial charge in [0.25, 0.3) is 0 Å². The van der Waals surface area contributed by atoms with Gasteiger partial charge in [-0.25, -0.2) is 9.37 Å². The van der Waals surface area contributed by atoms with Gasteiger partial charge >= 0.3 is 0 Å². The van der Waals surface area contributed by atoms with Gasteiger partial charge in [0.15, 0.2) is 0 Å². The van der Waals surface area contributed by atoms with Crippen LogP contribution in [0.4, 0.5) is 4.39 Å². The zero-order chi connectivity index (χ0) is 44.9. The van der Waals surface area contributed by atoms with Gasteiger partial charge in [0, 0.05) is 57.7 Å². The number of aromatic nitrogens is 4. The van der Waals surface area contributed by atoms with E-state index in [2.05, 4.69) is 53.5 Å². The van der Waals surface area contributed by atoms with Crippen LogP contribution in [0.1, 0.15) is 9.68 Å². The molecule has 309 valence electrons. The molecule has 11 rings (SSSR count). The Balaban J connectivity index is 0.000000273. The molecule has 0 N–H and O–H groups in total. The molecule has 4 heterocycles. The zero-order valence-corrected chi connectivity index (χ0v) is 38.0. The molecular weight excluding hydrogens is 972 g/mol. The number of aryl methyl sites for hydroxylation is 1. The standard InChI is InChI=1S/C41H25FN3O.C14H16NSi.Ir/c1-25-18-20-27(21-19-25)35-23-22-31-30-14-9-15-32(39(30)46-41(31)44-35)40-43-36-16-7-8-17-37(36)45(40)38-29-13-6-5-12-28(29)34(42)24-33(38)26-10-3-2-4-11-26;1-16(2,3)13-9-10-14(15-11-13)12-7-5-4-6-8-12;/h2-14,16-24H,1H3;4-7,9-11H,1-3H3;/q2*-1;/i1D3;;. The second-order valence-corrected chi connectivity index (χ2v) is 21.3. The fourth-order valence-corrected chi connectivity index (χ4v) is 8.99. The Labute approximate surface area is 384 Å². The number of imidazole rings is 1. The number of hydrogen-bond donors (Lipinski definition) is 0. The molecule has 0 spiro atoms. The average molecular weight is 1020 g/mol. The van der Waals surface area contributed by atoms with Crippen molar-refractivity contribution in [2.45, 2.75) is 26.5 Å². The third-order valence-corrected chi connectivity index (χ3v) is 13.2. The predicted molar refractivity (Wildman–Crippen MR) is 255 cm³/mol. The third kappa shape index (κ3) is 7.94. The second-order valence-electron chi connectivity index (χ2n) is 16.2. The molecule has 11 aromatic rings. The summed E-state index contributed by atoms with van der Waals surface area (Å²) in [6.45, 7) is 4.81. The molecule has 0 aliphatic rings. The predicted octanol–water partition coefficient (Wildman–Crippen LogP) is 13.8. The van der Waals surface area contributed by atoms with Gasteiger partial charge in [0.05, 0.1) is 41.9 Å². The maximum absolute atomic E-state index is 15.8. The van der Waals surface area contributed by atoms with E-state index in [1.54, 1.807) is 36.4 Å². The number of hydrogen-bond acceptors (Lipinski definition) is 4. The van der Waals surface area contributed by atoms with Gasteiger partial charge in [-0.05, 0) is 53.6 Å². The first-order valence-corrected chi connectivity index (χ1v) is 24.0. The SMILES string of the molecule is C[Si](C)(C)c1ccc(-c2[c-]cccc2)nc1.[2H]C([2H])([2H])c1ccc(-c2ccc3c(n2)oc2c(-c4nc5ccccc5n4-c4c(-c5ccccc5)cc(F)c5ccccc45)[c-]ccc23)cc1.[Ir]. The summed E-state index contributed by atoms with van der Waals surface area (Å²) in [6, 6.07) is 60.1. The van der Waals surface area contributed by atoms with Crippen LogP contribution < -0.4 is 5.19 Å². The van der Waals surface area contributed by atoms with Crippen molar-refractivity contribution in [1.82, 2.24) is 19.5 Å². The summed E-state index contributed by atoms with van der Waals surface area (Å²) in [5, 5.41) is 4.33. The zero-order valence-electron chi connectivity index (χ0n) is 37.7. The van der Waals surface area contributed by atoms with Crippen molar-refractivity contribution in [3.8, 4) is 50.7 Å². The quantitative estimate of drug-likeness (QED) is 0.123. The number of halogens is 1. The van der Waals surface area contributed by atoms with Crippen LogP contribution in [-0.4, -0.2) is 27.6 Å². The van der Waals surface area contributed by atoms with Crippen LogP contribution in [0, 0.1) is 24.8 Å². The molecule has 0 saturated carbocycles. The summed E-state index contributed by atoms with van der Waals surface area (Å²) in [4.78, 5) is 14.5. The first-order valence-electron chi connectivity index (χ1n) is 22.0. The van der Waals surface area contributed by atoms with Crippen molar-refractivity contribution in [1.29, 1.82) is 0 Å². The first kappa shape index (κ1) is 37.9. The molecule has 7 aromatic carbocycles. The second kappa shape index (κ2) is 17.1. The van der Waals surface area contributed by atoms with Crippen molar-refractivity contribution < 1.29 is 33.0 Å². The number of benzene rings is 7. The summed E-state index contributed by atoms with van der Waals surface area (Å²) in [5.41, 5.74) is 9.46. The first-order chi connectivity index (χ1) is 31.4. The summed E-state index contributed by atoms with van der Waals surface area (Å²) < 4.78 is 47.5. The Morgan fingerprint density at radius 3 is 2.14 bits per heavy atom. The van der Waals surface area contributed by atoms with Gasteiger partial charge in [-0.1, -0.05) is 139 Å². The summed E-state index contributed by atoms with van der Waals surface area (Å²) in [7, 11) is -1.23. The van der Waals surface area contributed by atoms with Crippen molar-refractivity contribution in [3.05, 3.63) is 200 Å². The van der Waals surface area contributed by atoms with E-state index in [0.717, 1.165) is 60.8 Å². The van der Waals surface area contributed by atoms with E-state index in [1.807, 2.05) is 128 Å². The van der Waals surface area contributed by atoms with Gasteiger partial charge in [0.2, 0.25) is 5.71 Å². The number of para-hydroxylation sites is 2. The average Bonchev–Trinajstić information content (AvgIpc) is 3.90. The fourth-order valence-electron chi connectivity index (χ4n) is 7.95. The van der Waals surface area contributed by atoms with Gasteiger partial charge in [-0.2, -0.15) is 0 Å². The molecule has 1 radical (unpaired) electrons. The minimum absolute atomic E-state index is 0. The topological polar surface area (TPSA) is 56.7 Å². The Morgan fingerprint density at radius 2 is 1.40 bits per heavy atom. The van der Waals surface area contributed by atoms with Crippen LogP contribution >= 0.6 is 0 Å². The van der Waals surface area contributed by atoms with Crippen LogP contribution in [0.3, 0.4) is 0 Å². The Kier molecular flexibility index (Phi) is 10.3. The molecule has 0 saturated heterocycles. The van der Waals surface area contributed by atoms with E-state index >= 15 is 4.39 Å². The van der Waals surface area contributed by atoms with E-state index in [1.165, 1.54) is 5.19 Å². The van der Waals surface area contributed by atoms with Crippen LogP contribution in [-0.2, 0) is 20.1 Å². The van der Waals surface area contributed by atoms with Crippen molar-refractivity contribution in [2.24, 2.45) is 0 Å². The monoisotopic (exact) mass is 1020 g/mol. The van der Waals surface area contributed by atoms with Crippen molar-refractivity contribution in [3.63, 3.8) is 0 Å². The maximum atomic E-state index is 15.8. The molecule has 4 aromatic heterocycles.